The van der Waals surface area contributed by atoms with Crippen molar-refractivity contribution in [3.63, 3.8) is 0 Å². The Morgan fingerprint density at radius 2 is 1.90 bits per heavy atom. The molecule has 0 fully saturated rings. The minimum atomic E-state index is -3.62. The first-order valence-electron chi connectivity index (χ1n) is 6.02. The lowest BCUT2D eigenvalue weighted by atomic mass is 10.2. The molecule has 20 heavy (non-hydrogen) atoms. The van der Waals surface area contributed by atoms with Gasteiger partial charge in [0.05, 0.1) is 17.7 Å². The largest absolute Gasteiger partial charge is 0.497 e. The van der Waals surface area contributed by atoms with E-state index >= 15 is 0 Å². The van der Waals surface area contributed by atoms with Gasteiger partial charge in [0.2, 0.25) is 0 Å². The summed E-state index contributed by atoms with van der Waals surface area (Å²) in [5, 5.41) is 0. The number of sulfonamides is 1. The number of pyridine rings is 1. The zero-order valence-corrected chi connectivity index (χ0v) is 12.4. The van der Waals surface area contributed by atoms with Gasteiger partial charge in [-0.3, -0.25) is 9.71 Å². The van der Waals surface area contributed by atoms with E-state index in [-0.39, 0.29) is 4.90 Å². The summed E-state index contributed by atoms with van der Waals surface area (Å²) in [4.78, 5) is 4.26. The number of rotatable bonds is 4. The van der Waals surface area contributed by atoms with Gasteiger partial charge in [-0.2, -0.15) is 0 Å². The molecule has 0 aliphatic carbocycles. The van der Waals surface area contributed by atoms with Crippen LogP contribution in [0.3, 0.4) is 0 Å². The fourth-order valence-corrected chi connectivity index (χ4v) is 3.15. The summed E-state index contributed by atoms with van der Waals surface area (Å²) in [6, 6.07) is 8.14. The van der Waals surface area contributed by atoms with Crippen molar-refractivity contribution < 1.29 is 13.2 Å². The first-order chi connectivity index (χ1) is 9.42. The minimum Gasteiger partial charge on any atom is -0.497 e. The number of nitrogens with zero attached hydrogens (tertiary/aromatic N) is 1. The van der Waals surface area contributed by atoms with Crippen LogP contribution in [-0.4, -0.2) is 20.5 Å². The molecule has 0 bridgehead atoms. The van der Waals surface area contributed by atoms with Crippen molar-refractivity contribution in [1.29, 1.82) is 0 Å². The van der Waals surface area contributed by atoms with E-state index in [1.807, 2.05) is 0 Å². The Morgan fingerprint density at radius 1 is 1.15 bits per heavy atom. The van der Waals surface area contributed by atoms with Gasteiger partial charge in [0.25, 0.3) is 10.0 Å². The van der Waals surface area contributed by atoms with Gasteiger partial charge in [0.15, 0.2) is 0 Å². The van der Waals surface area contributed by atoms with E-state index in [1.165, 1.54) is 6.07 Å². The number of anilines is 1. The van der Waals surface area contributed by atoms with Crippen molar-refractivity contribution in [3.8, 4) is 5.75 Å². The highest BCUT2D eigenvalue weighted by molar-refractivity contribution is 7.92. The molecule has 0 spiro atoms. The molecule has 0 amide bonds. The normalized spacial score (nSPS) is 11.2. The maximum Gasteiger partial charge on any atom is 0.262 e. The van der Waals surface area contributed by atoms with E-state index in [2.05, 4.69) is 9.71 Å². The average molecular weight is 292 g/mol. The van der Waals surface area contributed by atoms with Crippen molar-refractivity contribution in [1.82, 2.24) is 4.98 Å². The number of aromatic nitrogens is 1. The summed E-state index contributed by atoms with van der Waals surface area (Å²) < 4.78 is 32.3. The highest BCUT2D eigenvalue weighted by Gasteiger charge is 2.17. The lowest BCUT2D eigenvalue weighted by Gasteiger charge is -2.11. The number of nitrogens with one attached hydrogen (secondary N) is 1. The van der Waals surface area contributed by atoms with Crippen LogP contribution in [0.4, 0.5) is 5.69 Å². The SMILES string of the molecule is COc1ccc(S(=O)(=O)Nc2ccnc(C)c2)c(C)c1. The standard InChI is InChI=1S/C14H16N2O3S/c1-10-8-13(19-3)4-5-14(10)20(17,18)16-12-6-7-15-11(2)9-12/h4-9H,1-3H3,(H,15,16). The van der Waals surface area contributed by atoms with Crippen LogP contribution in [0, 0.1) is 13.8 Å². The van der Waals surface area contributed by atoms with Gasteiger partial charge in [-0.15, -0.1) is 0 Å². The Kier molecular flexibility index (Phi) is 3.94. The fraction of sp³-hybridized carbons (Fsp3) is 0.214. The molecule has 1 aromatic carbocycles. The van der Waals surface area contributed by atoms with Crippen LogP contribution in [0.1, 0.15) is 11.3 Å². The van der Waals surface area contributed by atoms with Gasteiger partial charge >= 0.3 is 0 Å². The summed E-state index contributed by atoms with van der Waals surface area (Å²) in [5.74, 6) is 0.626. The number of hydrogen-bond acceptors (Lipinski definition) is 4. The van der Waals surface area contributed by atoms with E-state index in [1.54, 1.807) is 51.4 Å². The molecule has 0 saturated carbocycles. The maximum absolute atomic E-state index is 12.4. The molecule has 2 aromatic rings. The molecule has 0 aliphatic heterocycles. The van der Waals surface area contributed by atoms with Crippen molar-refractivity contribution in [2.75, 3.05) is 11.8 Å². The van der Waals surface area contributed by atoms with E-state index in [4.69, 9.17) is 4.74 Å². The predicted molar refractivity (Wildman–Crippen MR) is 77.5 cm³/mol. The molecule has 106 valence electrons. The topological polar surface area (TPSA) is 68.3 Å². The molecule has 0 atom stereocenters. The third kappa shape index (κ3) is 3.08. The zero-order valence-electron chi connectivity index (χ0n) is 11.5. The molecule has 1 N–H and O–H groups in total. The molecule has 2 rings (SSSR count). The minimum absolute atomic E-state index is 0.229. The smallest absolute Gasteiger partial charge is 0.262 e. The summed E-state index contributed by atoms with van der Waals surface area (Å²) in [6.07, 6.45) is 1.56. The third-order valence-corrected chi connectivity index (χ3v) is 4.36. The van der Waals surface area contributed by atoms with Crippen molar-refractivity contribution in [2.45, 2.75) is 18.7 Å². The lowest BCUT2D eigenvalue weighted by Crippen LogP contribution is -2.14. The van der Waals surface area contributed by atoms with Gasteiger partial charge in [-0.05, 0) is 49.7 Å². The zero-order chi connectivity index (χ0) is 14.8. The molecule has 5 nitrogen and oxygen atoms in total. The van der Waals surface area contributed by atoms with Gasteiger partial charge in [0, 0.05) is 11.9 Å². The summed E-state index contributed by atoms with van der Waals surface area (Å²) in [6.45, 7) is 3.53. The Labute approximate surface area is 118 Å². The average Bonchev–Trinajstić information content (AvgIpc) is 2.37. The summed E-state index contributed by atoms with van der Waals surface area (Å²) in [7, 11) is -2.08. The van der Waals surface area contributed by atoms with Crippen LogP contribution in [0.25, 0.3) is 0 Å². The van der Waals surface area contributed by atoms with Gasteiger partial charge in [0.1, 0.15) is 5.75 Å². The molecular formula is C14H16N2O3S. The van der Waals surface area contributed by atoms with E-state index in [0.717, 1.165) is 5.69 Å². The van der Waals surface area contributed by atoms with Gasteiger partial charge in [-0.25, -0.2) is 8.42 Å². The molecule has 0 saturated heterocycles. The Bertz CT molecular complexity index is 727. The third-order valence-electron chi connectivity index (χ3n) is 2.82. The number of ether oxygens (including phenoxy) is 1. The Balaban J connectivity index is 2.36. The van der Waals surface area contributed by atoms with Crippen molar-refractivity contribution in [2.24, 2.45) is 0 Å². The summed E-state index contributed by atoms with van der Waals surface area (Å²) in [5.41, 5.74) is 1.87. The Morgan fingerprint density at radius 3 is 2.50 bits per heavy atom. The van der Waals surface area contributed by atoms with Crippen molar-refractivity contribution in [3.05, 3.63) is 47.8 Å². The van der Waals surface area contributed by atoms with Gasteiger partial charge in [-0.1, -0.05) is 0 Å². The first-order valence-corrected chi connectivity index (χ1v) is 7.51. The predicted octanol–water partition coefficient (Wildman–Crippen LogP) is 2.51. The maximum atomic E-state index is 12.4. The van der Waals surface area contributed by atoms with E-state index in [9.17, 15) is 8.42 Å². The van der Waals surface area contributed by atoms with Crippen LogP contribution in [-0.2, 0) is 10.0 Å². The molecule has 6 heteroatoms. The first kappa shape index (κ1) is 14.3. The highest BCUT2D eigenvalue weighted by atomic mass is 32.2. The molecule has 0 radical (unpaired) electrons. The molecule has 1 heterocycles. The summed E-state index contributed by atoms with van der Waals surface area (Å²) >= 11 is 0. The van der Waals surface area contributed by atoms with Gasteiger partial charge < -0.3 is 4.74 Å². The molecule has 1 aromatic heterocycles. The number of benzene rings is 1. The molecular weight excluding hydrogens is 276 g/mol. The second-order valence-electron chi connectivity index (χ2n) is 4.42. The quantitative estimate of drug-likeness (QED) is 0.940. The second kappa shape index (κ2) is 5.50. The van der Waals surface area contributed by atoms with Crippen LogP contribution in [0.15, 0.2) is 41.4 Å². The number of methoxy groups -OCH3 is 1. The molecule has 0 unspecified atom stereocenters. The van der Waals surface area contributed by atoms with Crippen LogP contribution < -0.4 is 9.46 Å². The van der Waals surface area contributed by atoms with Crippen LogP contribution in [0.2, 0.25) is 0 Å². The number of hydrogen-bond donors (Lipinski definition) is 1. The fourth-order valence-electron chi connectivity index (χ4n) is 1.87. The monoisotopic (exact) mass is 292 g/mol. The second-order valence-corrected chi connectivity index (χ2v) is 6.07. The molecule has 0 aliphatic rings. The van der Waals surface area contributed by atoms with E-state index < -0.39 is 10.0 Å². The Hall–Kier alpha value is -2.08. The van der Waals surface area contributed by atoms with Crippen LogP contribution in [0.5, 0.6) is 5.75 Å². The number of aryl methyl sites for hydroxylation is 2. The van der Waals surface area contributed by atoms with E-state index in [0.29, 0.717) is 17.0 Å². The highest BCUT2D eigenvalue weighted by Crippen LogP contribution is 2.23. The van der Waals surface area contributed by atoms with Crippen molar-refractivity contribution >= 4 is 15.7 Å². The van der Waals surface area contributed by atoms with Crippen LogP contribution >= 0.6 is 0 Å². The lowest BCUT2D eigenvalue weighted by molar-refractivity contribution is 0.414.